The number of aromatic nitrogens is 2. The molecule has 3 N–H and O–H groups in total. The Bertz CT molecular complexity index is 361. The number of hydrogen-bond donors (Lipinski definition) is 3. The fraction of sp³-hybridized carbons (Fsp3) is 0. The van der Waals surface area contributed by atoms with Crippen molar-refractivity contribution in [2.45, 2.75) is 0 Å². The van der Waals surface area contributed by atoms with Crippen LogP contribution in [0.1, 0.15) is 0 Å². The second-order valence-electron chi connectivity index (χ2n) is 2.11. The Morgan fingerprint density at radius 1 is 1.50 bits per heavy atom. The molecule has 2 aromatic heterocycles. The molecule has 0 saturated heterocycles. The molecule has 2 rings (SSSR count). The van der Waals surface area contributed by atoms with Gasteiger partial charge in [0.25, 0.3) is 0 Å². The number of fused-ring (bicyclic) bond motifs is 1. The number of nitrogens with one attached hydrogen (secondary N) is 1. The summed E-state index contributed by atoms with van der Waals surface area (Å²) in [5, 5.41) is 17.9. The number of aromatic hydroxyl groups is 1. The zero-order valence-corrected chi connectivity index (χ0v) is 5.07. The maximum absolute atomic E-state index is 9.01. The Labute approximate surface area is 56.3 Å². The highest BCUT2D eigenvalue weighted by molar-refractivity contribution is 5.78. The Balaban J connectivity index is 2.90. The third-order valence-electron chi connectivity index (χ3n) is 1.44. The van der Waals surface area contributed by atoms with E-state index < -0.39 is 0 Å². The van der Waals surface area contributed by atoms with Crippen LogP contribution in [0, 0.1) is 0 Å². The zero-order valence-electron chi connectivity index (χ0n) is 5.07. The fourth-order valence-electron chi connectivity index (χ4n) is 0.987. The first kappa shape index (κ1) is 5.22. The van der Waals surface area contributed by atoms with Crippen molar-refractivity contribution in [3.63, 3.8) is 0 Å². The first-order valence-electron chi connectivity index (χ1n) is 2.85. The van der Waals surface area contributed by atoms with E-state index in [1.54, 1.807) is 6.07 Å². The van der Waals surface area contributed by atoms with Gasteiger partial charge in [-0.15, -0.1) is 0 Å². The summed E-state index contributed by atoms with van der Waals surface area (Å²) in [6.45, 7) is 0. The van der Waals surface area contributed by atoms with Gasteiger partial charge in [0.1, 0.15) is 5.52 Å². The normalized spacial score (nSPS) is 10.8. The molecule has 0 radical (unpaired) electrons. The molecular formula is C6H6N2O2. The van der Waals surface area contributed by atoms with E-state index in [2.05, 4.69) is 4.98 Å². The van der Waals surface area contributed by atoms with Crippen LogP contribution in [-0.4, -0.2) is 20.0 Å². The van der Waals surface area contributed by atoms with E-state index in [1.807, 2.05) is 0 Å². The van der Waals surface area contributed by atoms with Crippen LogP contribution in [0.4, 0.5) is 0 Å². The van der Waals surface area contributed by atoms with Crippen molar-refractivity contribution < 1.29 is 10.3 Å². The summed E-state index contributed by atoms with van der Waals surface area (Å²) >= 11 is 0. The molecule has 2 aromatic rings. The van der Waals surface area contributed by atoms with E-state index in [9.17, 15) is 0 Å². The number of nitrogens with zero attached hydrogens (tertiary/aromatic N) is 1. The van der Waals surface area contributed by atoms with E-state index in [1.165, 1.54) is 12.3 Å². The minimum absolute atomic E-state index is 0.0633. The van der Waals surface area contributed by atoms with Gasteiger partial charge in [-0.05, 0) is 6.07 Å². The molecule has 10 heavy (non-hydrogen) atoms. The van der Waals surface area contributed by atoms with Gasteiger partial charge in [0.15, 0.2) is 5.88 Å². The second kappa shape index (κ2) is 1.47. The van der Waals surface area contributed by atoms with Crippen LogP contribution in [0.3, 0.4) is 0 Å². The van der Waals surface area contributed by atoms with Crippen molar-refractivity contribution in [3.8, 4) is 5.88 Å². The molecule has 2 heterocycles. The number of H-pyrrole nitrogens is 1. The summed E-state index contributed by atoms with van der Waals surface area (Å²) < 4.78 is 0.950. The van der Waals surface area contributed by atoms with Gasteiger partial charge in [0.2, 0.25) is 0 Å². The van der Waals surface area contributed by atoms with Crippen molar-refractivity contribution >= 4 is 11.0 Å². The van der Waals surface area contributed by atoms with Gasteiger partial charge < -0.3 is 15.3 Å². The highest BCUT2D eigenvalue weighted by Crippen LogP contribution is 2.18. The lowest BCUT2D eigenvalue weighted by molar-refractivity contribution is 0.200. The summed E-state index contributed by atoms with van der Waals surface area (Å²) in [7, 11) is 0. The molecule has 52 valence electrons. The molecule has 0 atom stereocenters. The smallest absolute Gasteiger partial charge is 0.191 e. The van der Waals surface area contributed by atoms with Crippen LogP contribution in [0.5, 0.6) is 5.88 Å². The molecule has 4 nitrogen and oxygen atoms in total. The standard InChI is InChI=1S/C6H6N2O2/c9-6-3-5-4(7-6)1-2-8(5)10/h1-3,7,9-10H. The summed E-state index contributed by atoms with van der Waals surface area (Å²) in [6, 6.07) is 3.13. The minimum atomic E-state index is 0.0633. The predicted molar refractivity (Wildman–Crippen MR) is 35.1 cm³/mol. The number of aromatic amines is 1. The van der Waals surface area contributed by atoms with E-state index >= 15 is 0 Å². The van der Waals surface area contributed by atoms with Gasteiger partial charge >= 0.3 is 0 Å². The zero-order chi connectivity index (χ0) is 7.14. The molecule has 0 unspecified atom stereocenters. The van der Waals surface area contributed by atoms with Crippen LogP contribution >= 0.6 is 0 Å². The van der Waals surface area contributed by atoms with E-state index in [0.717, 1.165) is 10.2 Å². The fourth-order valence-corrected chi connectivity index (χ4v) is 0.987. The van der Waals surface area contributed by atoms with Crippen LogP contribution in [0.2, 0.25) is 0 Å². The van der Waals surface area contributed by atoms with Gasteiger partial charge in [-0.2, -0.15) is 4.73 Å². The number of rotatable bonds is 0. The van der Waals surface area contributed by atoms with Crippen LogP contribution in [0.15, 0.2) is 18.3 Å². The predicted octanol–water partition coefficient (Wildman–Crippen LogP) is 0.912. The van der Waals surface area contributed by atoms with Gasteiger partial charge in [-0.3, -0.25) is 0 Å². The molecule has 0 amide bonds. The van der Waals surface area contributed by atoms with Crippen LogP contribution in [-0.2, 0) is 0 Å². The Hall–Kier alpha value is -1.58. The van der Waals surface area contributed by atoms with Gasteiger partial charge in [-0.25, -0.2) is 0 Å². The lowest BCUT2D eigenvalue weighted by Gasteiger charge is -1.85. The molecule has 4 heteroatoms. The summed E-state index contributed by atoms with van der Waals surface area (Å²) in [4.78, 5) is 2.65. The average Bonchev–Trinajstić information content (AvgIpc) is 2.35. The third-order valence-corrected chi connectivity index (χ3v) is 1.44. The third kappa shape index (κ3) is 0.500. The molecule has 0 aliphatic rings. The average molecular weight is 138 g/mol. The molecule has 0 bridgehead atoms. The molecule has 0 aliphatic heterocycles. The lowest BCUT2D eigenvalue weighted by Crippen LogP contribution is -1.82. The quantitative estimate of drug-likeness (QED) is 0.474. The molecule has 0 spiro atoms. The van der Waals surface area contributed by atoms with Gasteiger partial charge in [-0.1, -0.05) is 0 Å². The van der Waals surface area contributed by atoms with Crippen molar-refractivity contribution in [3.05, 3.63) is 18.3 Å². The maximum atomic E-state index is 9.01. The highest BCUT2D eigenvalue weighted by atomic mass is 16.5. The van der Waals surface area contributed by atoms with Crippen LogP contribution in [0.25, 0.3) is 11.0 Å². The Morgan fingerprint density at radius 2 is 2.30 bits per heavy atom. The van der Waals surface area contributed by atoms with Gasteiger partial charge in [0, 0.05) is 12.3 Å². The second-order valence-corrected chi connectivity index (χ2v) is 2.11. The number of hydrogen-bond acceptors (Lipinski definition) is 2. The molecular weight excluding hydrogens is 132 g/mol. The van der Waals surface area contributed by atoms with E-state index in [-0.39, 0.29) is 5.88 Å². The van der Waals surface area contributed by atoms with Crippen molar-refractivity contribution in [2.24, 2.45) is 0 Å². The van der Waals surface area contributed by atoms with Gasteiger partial charge in [0.05, 0.1) is 5.52 Å². The van der Waals surface area contributed by atoms with E-state index in [4.69, 9.17) is 10.3 Å². The monoisotopic (exact) mass is 138 g/mol. The van der Waals surface area contributed by atoms with Crippen molar-refractivity contribution in [2.75, 3.05) is 0 Å². The maximum Gasteiger partial charge on any atom is 0.191 e. The minimum Gasteiger partial charge on any atom is -0.495 e. The van der Waals surface area contributed by atoms with E-state index in [0.29, 0.717) is 5.52 Å². The summed E-state index contributed by atoms with van der Waals surface area (Å²) in [6.07, 6.45) is 1.50. The first-order chi connectivity index (χ1) is 4.77. The SMILES string of the molecule is Oc1cc2c(ccn2O)[nH]1. The van der Waals surface area contributed by atoms with Crippen molar-refractivity contribution in [1.82, 2.24) is 9.71 Å². The first-order valence-corrected chi connectivity index (χ1v) is 2.85. The lowest BCUT2D eigenvalue weighted by atomic mass is 10.5. The highest BCUT2D eigenvalue weighted by Gasteiger charge is 2.01. The van der Waals surface area contributed by atoms with Crippen LogP contribution < -0.4 is 0 Å². The molecule has 0 aromatic carbocycles. The largest absolute Gasteiger partial charge is 0.495 e. The summed E-state index contributed by atoms with van der Waals surface area (Å²) in [5.74, 6) is 0.0633. The van der Waals surface area contributed by atoms with Crippen molar-refractivity contribution in [1.29, 1.82) is 0 Å². The molecule has 0 aliphatic carbocycles. The topological polar surface area (TPSA) is 61.2 Å². The Morgan fingerprint density at radius 3 is 3.00 bits per heavy atom. The molecule has 0 saturated carbocycles. The Kier molecular flexibility index (Phi) is 0.768. The summed E-state index contributed by atoms with van der Waals surface area (Å²) in [5.41, 5.74) is 1.30. The molecule has 0 fully saturated rings.